The number of fused-ring (bicyclic) bond motifs is 1. The van der Waals surface area contributed by atoms with Gasteiger partial charge in [0.2, 0.25) is 0 Å². The van der Waals surface area contributed by atoms with E-state index in [1.807, 2.05) is 27.7 Å². The van der Waals surface area contributed by atoms with E-state index in [1.54, 1.807) is 18.2 Å². The molecule has 7 nitrogen and oxygen atoms in total. The molecule has 188 valence electrons. The summed E-state index contributed by atoms with van der Waals surface area (Å²) in [6.07, 6.45) is -1.47. The summed E-state index contributed by atoms with van der Waals surface area (Å²) in [5, 5.41) is 12.5. The Labute approximate surface area is 200 Å². The average molecular weight is 511 g/mol. The third-order valence-electron chi connectivity index (χ3n) is 6.38. The average Bonchev–Trinajstić information content (AvgIpc) is 3.18. The number of amides is 2. The Morgan fingerprint density at radius 1 is 0.914 bits per heavy atom. The number of aliphatic hydroxyl groups excluding tert-OH is 1. The third-order valence-corrected chi connectivity index (χ3v) is 8.09. The van der Waals surface area contributed by atoms with Crippen LogP contribution in [0.25, 0.3) is 0 Å². The Morgan fingerprint density at radius 2 is 1.46 bits per heavy atom. The van der Waals surface area contributed by atoms with Crippen molar-refractivity contribution in [1.82, 2.24) is 0 Å². The molecule has 0 radical (unpaired) electrons. The minimum Gasteiger partial charge on any atom is -0.390 e. The smallest absolute Gasteiger partial charge is 0.269 e. The molecule has 2 N–H and O–H groups in total. The van der Waals surface area contributed by atoms with Crippen LogP contribution >= 0.6 is 0 Å². The highest BCUT2D eigenvalue weighted by Crippen LogP contribution is 2.43. The van der Waals surface area contributed by atoms with E-state index >= 15 is 0 Å². The Hall–Kier alpha value is -2.92. The molecule has 2 heterocycles. The van der Waals surface area contributed by atoms with Gasteiger partial charge in [0.15, 0.2) is 27.3 Å². The number of para-hydroxylation sites is 1. The molecule has 4 rings (SSSR count). The fraction of sp³-hybridized carbons (Fsp3) is 0.417. The first-order valence-electron chi connectivity index (χ1n) is 11.1. The SMILES string of the molecule is CC(C)c1cccc(C(C)C)c1N1C(=O)c2c(F)c(F)c(F)c(NC3CS(=O)(=O)CC3O)c2C1=O. The zero-order valence-electron chi connectivity index (χ0n) is 19.5. The summed E-state index contributed by atoms with van der Waals surface area (Å²) in [5.74, 6) is -9.32. The number of hydrogen-bond donors (Lipinski definition) is 2. The summed E-state index contributed by atoms with van der Waals surface area (Å²) in [6.45, 7) is 7.37. The highest BCUT2D eigenvalue weighted by molar-refractivity contribution is 7.91. The number of halogens is 3. The number of aliphatic hydroxyl groups is 1. The van der Waals surface area contributed by atoms with Crippen LogP contribution in [0, 0.1) is 17.5 Å². The highest BCUT2D eigenvalue weighted by atomic mass is 32.2. The Bertz CT molecular complexity index is 1330. The number of imide groups is 1. The van der Waals surface area contributed by atoms with Crippen molar-refractivity contribution in [2.75, 3.05) is 21.7 Å². The largest absolute Gasteiger partial charge is 0.390 e. The quantitative estimate of drug-likeness (QED) is 0.470. The van der Waals surface area contributed by atoms with Gasteiger partial charge in [-0.3, -0.25) is 9.59 Å². The molecule has 2 aliphatic rings. The van der Waals surface area contributed by atoms with Gasteiger partial charge in [-0.15, -0.1) is 0 Å². The van der Waals surface area contributed by atoms with Crippen molar-refractivity contribution in [1.29, 1.82) is 0 Å². The van der Waals surface area contributed by atoms with Gasteiger partial charge < -0.3 is 10.4 Å². The lowest BCUT2D eigenvalue weighted by atomic mass is 9.92. The van der Waals surface area contributed by atoms with Gasteiger partial charge in [-0.05, 0) is 23.0 Å². The minimum atomic E-state index is -3.68. The predicted octanol–water partition coefficient (Wildman–Crippen LogP) is 3.72. The number of carbonyl (C=O) groups is 2. The van der Waals surface area contributed by atoms with Gasteiger partial charge in [-0.2, -0.15) is 0 Å². The van der Waals surface area contributed by atoms with Crippen LogP contribution in [0.1, 0.15) is 71.4 Å². The van der Waals surface area contributed by atoms with Crippen molar-refractivity contribution in [2.45, 2.75) is 51.7 Å². The maximum atomic E-state index is 14.9. The van der Waals surface area contributed by atoms with Gasteiger partial charge in [0.25, 0.3) is 11.8 Å². The second-order valence-electron chi connectivity index (χ2n) is 9.50. The third kappa shape index (κ3) is 4.00. The number of sulfone groups is 1. The lowest BCUT2D eigenvalue weighted by Crippen LogP contribution is -2.34. The summed E-state index contributed by atoms with van der Waals surface area (Å²) in [7, 11) is -3.68. The Balaban J connectivity index is 1.93. The number of anilines is 2. The predicted molar refractivity (Wildman–Crippen MR) is 124 cm³/mol. The molecule has 1 saturated heterocycles. The van der Waals surface area contributed by atoms with E-state index in [4.69, 9.17) is 0 Å². The molecular weight excluding hydrogens is 485 g/mol. The standard InChI is InChI=1S/C24H25F3N2O5S/c1-10(2)12-6-5-7-13(11(3)4)22(12)29-23(31)16-17(24(29)32)21(20(27)19(26)18(16)25)28-14-8-35(33,34)9-15(14)30/h5-7,10-11,14-15,28,30H,8-9H2,1-4H3. The number of benzene rings is 2. The normalized spacial score (nSPS) is 21.4. The summed E-state index contributed by atoms with van der Waals surface area (Å²) in [4.78, 5) is 27.7. The summed E-state index contributed by atoms with van der Waals surface area (Å²) >= 11 is 0. The second-order valence-corrected chi connectivity index (χ2v) is 11.7. The van der Waals surface area contributed by atoms with E-state index in [1.165, 1.54) is 0 Å². The van der Waals surface area contributed by atoms with E-state index in [0.29, 0.717) is 11.1 Å². The molecule has 0 bridgehead atoms. The van der Waals surface area contributed by atoms with Crippen molar-refractivity contribution in [3.8, 4) is 0 Å². The molecule has 11 heteroatoms. The molecule has 35 heavy (non-hydrogen) atoms. The fourth-order valence-corrected chi connectivity index (χ4v) is 6.39. The van der Waals surface area contributed by atoms with E-state index < -0.39 is 79.6 Å². The molecule has 2 aromatic carbocycles. The van der Waals surface area contributed by atoms with Gasteiger partial charge in [0.1, 0.15) is 0 Å². The molecule has 0 aliphatic carbocycles. The summed E-state index contributed by atoms with van der Waals surface area (Å²) < 4.78 is 68.2. The second kappa shape index (κ2) is 8.63. The van der Waals surface area contributed by atoms with Crippen LogP contribution in [0.4, 0.5) is 24.5 Å². The van der Waals surface area contributed by atoms with Gasteiger partial charge in [0, 0.05) is 0 Å². The van der Waals surface area contributed by atoms with Crippen molar-refractivity contribution in [3.63, 3.8) is 0 Å². The topological polar surface area (TPSA) is 104 Å². The molecule has 2 atom stereocenters. The summed E-state index contributed by atoms with van der Waals surface area (Å²) in [6, 6.07) is 3.91. The zero-order chi connectivity index (χ0) is 26.0. The molecule has 2 unspecified atom stereocenters. The number of hydrogen-bond acceptors (Lipinski definition) is 6. The van der Waals surface area contributed by atoms with Crippen LogP contribution in [0.2, 0.25) is 0 Å². The maximum Gasteiger partial charge on any atom is 0.269 e. The molecule has 2 aliphatic heterocycles. The highest BCUT2D eigenvalue weighted by Gasteiger charge is 2.47. The summed E-state index contributed by atoms with van der Waals surface area (Å²) in [5.41, 5.74) is -1.10. The molecule has 2 aromatic rings. The number of nitrogens with one attached hydrogen (secondary N) is 1. The number of nitrogens with zero attached hydrogens (tertiary/aromatic N) is 1. The molecule has 2 amide bonds. The zero-order valence-corrected chi connectivity index (χ0v) is 20.3. The van der Waals surface area contributed by atoms with E-state index in [9.17, 15) is 36.3 Å². The van der Waals surface area contributed by atoms with Crippen LogP contribution in [-0.4, -0.2) is 49.0 Å². The van der Waals surface area contributed by atoms with Crippen molar-refractivity contribution in [3.05, 3.63) is 57.9 Å². The molecule has 0 spiro atoms. The minimum absolute atomic E-state index is 0.150. The van der Waals surface area contributed by atoms with Gasteiger partial charge in [0.05, 0.1) is 46.2 Å². The van der Waals surface area contributed by atoms with Crippen LogP contribution in [-0.2, 0) is 9.84 Å². The van der Waals surface area contributed by atoms with Crippen molar-refractivity contribution < 1.29 is 36.3 Å². The van der Waals surface area contributed by atoms with Crippen LogP contribution in [0.3, 0.4) is 0 Å². The van der Waals surface area contributed by atoms with Crippen LogP contribution in [0.5, 0.6) is 0 Å². The van der Waals surface area contributed by atoms with Crippen molar-refractivity contribution >= 4 is 33.0 Å². The van der Waals surface area contributed by atoms with E-state index in [2.05, 4.69) is 5.32 Å². The Morgan fingerprint density at radius 3 is 1.94 bits per heavy atom. The monoisotopic (exact) mass is 510 g/mol. The van der Waals surface area contributed by atoms with Crippen LogP contribution < -0.4 is 10.2 Å². The Kier molecular flexibility index (Phi) is 6.21. The lowest BCUT2D eigenvalue weighted by molar-refractivity contribution is 0.0924. The van der Waals surface area contributed by atoms with Gasteiger partial charge >= 0.3 is 0 Å². The van der Waals surface area contributed by atoms with Crippen molar-refractivity contribution in [2.24, 2.45) is 0 Å². The number of carbonyl (C=O) groups excluding carboxylic acids is 2. The molecular formula is C24H25F3N2O5S. The number of rotatable bonds is 5. The van der Waals surface area contributed by atoms with Crippen LogP contribution in [0.15, 0.2) is 18.2 Å². The van der Waals surface area contributed by atoms with E-state index in [0.717, 1.165) is 4.90 Å². The first-order valence-corrected chi connectivity index (χ1v) is 13.0. The van der Waals surface area contributed by atoms with E-state index in [-0.39, 0.29) is 17.5 Å². The lowest BCUT2D eigenvalue weighted by Gasteiger charge is -2.25. The maximum absolute atomic E-state index is 14.9. The fourth-order valence-electron chi connectivity index (χ4n) is 4.65. The first-order chi connectivity index (χ1) is 16.3. The molecule has 0 aromatic heterocycles. The molecule has 1 fully saturated rings. The van der Waals surface area contributed by atoms with Gasteiger partial charge in [-0.25, -0.2) is 26.5 Å². The molecule has 0 saturated carbocycles. The van der Waals surface area contributed by atoms with Gasteiger partial charge in [-0.1, -0.05) is 45.9 Å². The first kappa shape index (κ1) is 25.2.